The molecule has 0 radical (unpaired) electrons. The lowest BCUT2D eigenvalue weighted by Crippen LogP contribution is -2.14. The van der Waals surface area contributed by atoms with Crippen LogP contribution in [0.5, 0.6) is 0 Å². The molecule has 8 heteroatoms. The predicted molar refractivity (Wildman–Crippen MR) is 110 cm³/mol. The Balaban J connectivity index is 1.71. The average Bonchev–Trinajstić information content (AvgIpc) is 3.37. The van der Waals surface area contributed by atoms with E-state index < -0.39 is 0 Å². The fourth-order valence-corrected chi connectivity index (χ4v) is 4.74. The Labute approximate surface area is 166 Å². The van der Waals surface area contributed by atoms with Crippen LogP contribution < -0.4 is 5.32 Å². The number of hydrogen-bond acceptors (Lipinski definition) is 7. The minimum absolute atomic E-state index is 0.0922. The van der Waals surface area contributed by atoms with Gasteiger partial charge < -0.3 is 14.3 Å². The number of rotatable bonds is 9. The van der Waals surface area contributed by atoms with Gasteiger partial charge in [-0.3, -0.25) is 4.79 Å². The number of hydrogen-bond donors (Lipinski definition) is 1. The van der Waals surface area contributed by atoms with Crippen LogP contribution in [0.15, 0.2) is 45.9 Å². The Morgan fingerprint density at radius 2 is 2.30 bits per heavy atom. The van der Waals surface area contributed by atoms with Crippen molar-refractivity contribution in [3.05, 3.63) is 59.8 Å². The number of nitrogens with zero attached hydrogens (tertiary/aromatic N) is 3. The number of thioether (sulfide) groups is 1. The number of aryl methyl sites for hydroxylation is 1. The van der Waals surface area contributed by atoms with Gasteiger partial charge in [-0.05, 0) is 39.0 Å². The summed E-state index contributed by atoms with van der Waals surface area (Å²) in [4.78, 5) is 13.0. The normalized spacial score (nSPS) is 12.1. The molecule has 0 unspecified atom stereocenters. The lowest BCUT2D eigenvalue weighted by molar-refractivity contribution is 0.0993. The second-order valence-electron chi connectivity index (χ2n) is 6.12. The number of carbonyl (C=O) groups excluding carboxylic acids is 1. The van der Waals surface area contributed by atoms with Crippen LogP contribution in [-0.4, -0.2) is 32.3 Å². The maximum atomic E-state index is 13.0. The summed E-state index contributed by atoms with van der Waals surface area (Å²) in [6, 6.07) is 5.76. The van der Waals surface area contributed by atoms with Crippen molar-refractivity contribution in [2.75, 3.05) is 11.9 Å². The molecule has 27 heavy (non-hydrogen) atoms. The van der Waals surface area contributed by atoms with Crippen molar-refractivity contribution < 1.29 is 9.21 Å². The third-order valence-electron chi connectivity index (χ3n) is 4.18. The molecule has 0 saturated heterocycles. The van der Waals surface area contributed by atoms with Gasteiger partial charge in [-0.25, -0.2) is 0 Å². The highest BCUT2D eigenvalue weighted by Gasteiger charge is 2.23. The molecule has 0 amide bonds. The summed E-state index contributed by atoms with van der Waals surface area (Å²) in [5, 5.41) is 11.8. The molecule has 0 bridgehead atoms. The predicted octanol–water partition coefficient (Wildman–Crippen LogP) is 4.56. The molecular formula is C19H22N4O2S2. The van der Waals surface area contributed by atoms with E-state index in [0.717, 1.165) is 32.2 Å². The van der Waals surface area contributed by atoms with E-state index in [1.165, 1.54) is 23.1 Å². The molecule has 3 rings (SSSR count). The minimum atomic E-state index is -0.247. The number of ketones is 1. The first-order valence-corrected chi connectivity index (χ1v) is 10.3. The van der Waals surface area contributed by atoms with E-state index in [-0.39, 0.29) is 11.0 Å². The second kappa shape index (κ2) is 8.58. The van der Waals surface area contributed by atoms with Gasteiger partial charge in [0.15, 0.2) is 10.1 Å². The maximum Gasteiger partial charge on any atom is 0.206 e. The lowest BCUT2D eigenvalue weighted by Gasteiger charge is -2.10. The van der Waals surface area contributed by atoms with Crippen molar-refractivity contribution in [1.82, 2.24) is 14.8 Å². The molecule has 3 aromatic rings. The summed E-state index contributed by atoms with van der Waals surface area (Å²) in [6.07, 6.45) is 3.42. The molecule has 0 aromatic carbocycles. The van der Waals surface area contributed by atoms with E-state index in [0.29, 0.717) is 13.1 Å². The van der Waals surface area contributed by atoms with Crippen LogP contribution in [0.3, 0.4) is 0 Å². The number of anilines is 1. The summed E-state index contributed by atoms with van der Waals surface area (Å²) >= 11 is 2.87. The van der Waals surface area contributed by atoms with Crippen LogP contribution in [-0.2, 0) is 6.54 Å². The molecule has 3 aromatic heterocycles. The van der Waals surface area contributed by atoms with E-state index in [4.69, 9.17) is 4.42 Å². The van der Waals surface area contributed by atoms with Crippen molar-refractivity contribution in [2.24, 2.45) is 0 Å². The first-order chi connectivity index (χ1) is 13.0. The largest absolute Gasteiger partial charge is 0.467 e. The molecule has 142 valence electrons. The van der Waals surface area contributed by atoms with Gasteiger partial charge in [0.25, 0.3) is 0 Å². The van der Waals surface area contributed by atoms with Crippen LogP contribution >= 0.6 is 23.1 Å². The number of nitrogens with one attached hydrogen (secondary N) is 1. The van der Waals surface area contributed by atoms with Crippen molar-refractivity contribution in [2.45, 2.75) is 36.9 Å². The van der Waals surface area contributed by atoms with Crippen LogP contribution in [0.1, 0.15) is 34.4 Å². The molecule has 0 saturated carbocycles. The Hall–Kier alpha value is -2.32. The van der Waals surface area contributed by atoms with Gasteiger partial charge in [0.05, 0.1) is 18.1 Å². The molecule has 1 atom stereocenters. The first kappa shape index (κ1) is 19.4. The molecule has 0 spiro atoms. The van der Waals surface area contributed by atoms with Gasteiger partial charge in [-0.1, -0.05) is 29.2 Å². The molecule has 0 aliphatic rings. The van der Waals surface area contributed by atoms with Crippen molar-refractivity contribution >= 4 is 34.0 Å². The number of Topliss-reactive ketones (excluding diaryl/α,β-unsaturated/α-hetero) is 1. The van der Waals surface area contributed by atoms with Gasteiger partial charge >= 0.3 is 0 Å². The summed E-state index contributed by atoms with van der Waals surface area (Å²) in [6.45, 7) is 10.8. The van der Waals surface area contributed by atoms with E-state index in [1.807, 2.05) is 39.0 Å². The molecule has 3 heterocycles. The second-order valence-corrected chi connectivity index (χ2v) is 8.68. The van der Waals surface area contributed by atoms with Gasteiger partial charge in [-0.15, -0.1) is 16.8 Å². The van der Waals surface area contributed by atoms with Crippen LogP contribution in [0.2, 0.25) is 0 Å². The fourth-order valence-electron chi connectivity index (χ4n) is 2.76. The van der Waals surface area contributed by atoms with Crippen LogP contribution in [0.4, 0.5) is 5.13 Å². The monoisotopic (exact) mass is 402 g/mol. The number of carbonyl (C=O) groups is 1. The van der Waals surface area contributed by atoms with E-state index >= 15 is 0 Å². The highest BCUT2D eigenvalue weighted by molar-refractivity contribution is 8.02. The quantitative estimate of drug-likeness (QED) is 0.321. The van der Waals surface area contributed by atoms with Crippen LogP contribution in [0.25, 0.3) is 0 Å². The van der Waals surface area contributed by atoms with Crippen molar-refractivity contribution in [3.63, 3.8) is 0 Å². The maximum absolute atomic E-state index is 13.0. The van der Waals surface area contributed by atoms with Gasteiger partial charge in [-0.2, -0.15) is 0 Å². The Morgan fingerprint density at radius 1 is 1.48 bits per heavy atom. The summed E-state index contributed by atoms with van der Waals surface area (Å²) < 4.78 is 8.31. The highest BCUT2D eigenvalue weighted by Crippen LogP contribution is 2.31. The molecule has 6 nitrogen and oxygen atoms in total. The average molecular weight is 403 g/mol. The lowest BCUT2D eigenvalue weighted by atomic mass is 10.1. The van der Waals surface area contributed by atoms with Crippen LogP contribution in [0, 0.1) is 13.8 Å². The van der Waals surface area contributed by atoms with E-state index in [1.54, 1.807) is 12.3 Å². The topological polar surface area (TPSA) is 73.0 Å². The Bertz CT molecular complexity index is 928. The fraction of sp³-hybridized carbons (Fsp3) is 0.316. The molecular weight excluding hydrogens is 380 g/mol. The smallest absolute Gasteiger partial charge is 0.206 e. The van der Waals surface area contributed by atoms with Gasteiger partial charge in [0.2, 0.25) is 5.13 Å². The zero-order valence-corrected chi connectivity index (χ0v) is 17.2. The number of furan rings is 1. The van der Waals surface area contributed by atoms with Crippen molar-refractivity contribution in [3.8, 4) is 0 Å². The van der Waals surface area contributed by atoms with E-state index in [2.05, 4.69) is 26.7 Å². The standard InChI is InChI=1S/C19H22N4O2S2/c1-5-8-20-18-21-22-19(27-18)26-14(4)17(24)16-10-12(2)23(13(16)3)11-15-7-6-9-25-15/h5-7,9-10,14H,1,8,11H2,2-4H3,(H,20,21)/t14-/m0/s1. The summed E-state index contributed by atoms with van der Waals surface area (Å²) in [7, 11) is 0. The van der Waals surface area contributed by atoms with Gasteiger partial charge in [0.1, 0.15) is 5.76 Å². The zero-order valence-electron chi connectivity index (χ0n) is 15.6. The molecule has 0 fully saturated rings. The third-order valence-corrected chi connectivity index (χ3v) is 6.25. The van der Waals surface area contributed by atoms with Crippen molar-refractivity contribution in [1.29, 1.82) is 0 Å². The minimum Gasteiger partial charge on any atom is -0.467 e. The third kappa shape index (κ3) is 4.51. The molecule has 0 aliphatic carbocycles. The Kier molecular flexibility index (Phi) is 6.18. The van der Waals surface area contributed by atoms with Gasteiger partial charge in [0, 0.05) is 23.5 Å². The molecule has 0 aliphatic heterocycles. The highest BCUT2D eigenvalue weighted by atomic mass is 32.2. The molecule has 1 N–H and O–H groups in total. The summed E-state index contributed by atoms with van der Waals surface area (Å²) in [5.41, 5.74) is 2.73. The first-order valence-electron chi connectivity index (χ1n) is 8.58. The number of aromatic nitrogens is 3. The SMILES string of the molecule is C=CCNc1nnc(S[C@@H](C)C(=O)c2cc(C)n(Cc3ccco3)c2C)s1. The zero-order chi connectivity index (χ0) is 19.4. The summed E-state index contributed by atoms with van der Waals surface area (Å²) in [5.74, 6) is 0.959. The Morgan fingerprint density at radius 3 is 3.00 bits per heavy atom. The van der Waals surface area contributed by atoms with E-state index in [9.17, 15) is 4.79 Å².